The molecule has 31 heavy (non-hydrogen) atoms. The summed E-state index contributed by atoms with van der Waals surface area (Å²) in [6, 6.07) is 11.8. The molecule has 0 aliphatic heterocycles. The number of benzene rings is 2. The largest absolute Gasteiger partial charge is 0.485 e. The molecular weight excluding hydrogens is 476 g/mol. The van der Waals surface area contributed by atoms with Crippen LogP contribution in [0.5, 0.6) is 5.75 Å². The molecule has 6 nitrogen and oxygen atoms in total. The number of thioether (sulfide) groups is 1. The number of halogens is 1. The first-order valence-electron chi connectivity index (χ1n) is 9.80. The summed E-state index contributed by atoms with van der Waals surface area (Å²) in [4.78, 5) is 12.4. The lowest BCUT2D eigenvalue weighted by Gasteiger charge is -2.12. The maximum absolute atomic E-state index is 12.4. The van der Waals surface area contributed by atoms with Crippen molar-refractivity contribution in [2.45, 2.75) is 39.1 Å². The van der Waals surface area contributed by atoms with Gasteiger partial charge in [0.1, 0.15) is 12.4 Å². The Morgan fingerprint density at radius 3 is 2.61 bits per heavy atom. The van der Waals surface area contributed by atoms with Gasteiger partial charge in [0.25, 0.3) is 0 Å². The lowest BCUT2D eigenvalue weighted by atomic mass is 10.1. The lowest BCUT2D eigenvalue weighted by Crippen LogP contribution is -2.15. The number of aromatic nitrogens is 3. The van der Waals surface area contributed by atoms with Crippen molar-refractivity contribution in [2.24, 2.45) is 0 Å². The number of rotatable bonds is 9. The number of hydrogen-bond donors (Lipinski definition) is 1. The van der Waals surface area contributed by atoms with Gasteiger partial charge in [-0.1, -0.05) is 52.0 Å². The summed E-state index contributed by atoms with van der Waals surface area (Å²) in [5.41, 5.74) is 3.97. The van der Waals surface area contributed by atoms with Crippen LogP contribution in [-0.4, -0.2) is 26.4 Å². The number of para-hydroxylation sites is 1. The number of nitrogens with zero attached hydrogens (tertiary/aromatic N) is 3. The van der Waals surface area contributed by atoms with Crippen LogP contribution in [0.3, 0.4) is 0 Å². The van der Waals surface area contributed by atoms with E-state index in [2.05, 4.69) is 38.0 Å². The second kappa shape index (κ2) is 10.6. The highest BCUT2D eigenvalue weighted by atomic mass is 79.9. The van der Waals surface area contributed by atoms with Crippen molar-refractivity contribution in [3.8, 4) is 5.75 Å². The Morgan fingerprint density at radius 2 is 1.94 bits per heavy atom. The molecule has 0 radical (unpaired) electrons. The second-order valence-corrected chi connectivity index (χ2v) is 8.91. The number of anilines is 1. The maximum atomic E-state index is 12.4. The van der Waals surface area contributed by atoms with Gasteiger partial charge in [0.15, 0.2) is 11.0 Å². The first-order valence-corrected chi connectivity index (χ1v) is 11.6. The number of aryl methyl sites for hydroxylation is 3. The zero-order valence-corrected chi connectivity index (χ0v) is 20.2. The van der Waals surface area contributed by atoms with Crippen molar-refractivity contribution >= 4 is 39.3 Å². The van der Waals surface area contributed by atoms with Crippen molar-refractivity contribution in [2.75, 3.05) is 11.1 Å². The zero-order chi connectivity index (χ0) is 22.4. The monoisotopic (exact) mass is 500 g/mol. The zero-order valence-electron chi connectivity index (χ0n) is 17.8. The highest BCUT2D eigenvalue weighted by Crippen LogP contribution is 2.25. The topological polar surface area (TPSA) is 69.0 Å². The number of nitrogens with one attached hydrogen (secondary N) is 1. The molecule has 0 unspecified atom stereocenters. The van der Waals surface area contributed by atoms with Gasteiger partial charge in [0, 0.05) is 16.7 Å². The van der Waals surface area contributed by atoms with Crippen LogP contribution in [0.25, 0.3) is 0 Å². The molecule has 162 valence electrons. The first kappa shape index (κ1) is 23.1. The molecule has 0 fully saturated rings. The molecule has 1 amide bonds. The number of allylic oxidation sites excluding steroid dienone is 1. The smallest absolute Gasteiger partial charge is 0.234 e. The van der Waals surface area contributed by atoms with Crippen LogP contribution in [0.15, 0.2) is 58.7 Å². The van der Waals surface area contributed by atoms with Gasteiger partial charge in [-0.05, 0) is 55.7 Å². The molecule has 0 spiro atoms. The quantitative estimate of drug-likeness (QED) is 0.312. The molecule has 1 N–H and O–H groups in total. The Bertz CT molecular complexity index is 1080. The summed E-state index contributed by atoms with van der Waals surface area (Å²) in [7, 11) is 0. The normalized spacial score (nSPS) is 10.7. The summed E-state index contributed by atoms with van der Waals surface area (Å²) in [6.45, 7) is 10.7. The first-order chi connectivity index (χ1) is 14.9. The van der Waals surface area contributed by atoms with Crippen molar-refractivity contribution < 1.29 is 9.53 Å². The Labute approximate surface area is 195 Å². The molecule has 0 saturated carbocycles. The average molecular weight is 501 g/mol. The van der Waals surface area contributed by atoms with Crippen LogP contribution >= 0.6 is 27.7 Å². The predicted octanol–water partition coefficient (Wildman–Crippen LogP) is 5.46. The summed E-state index contributed by atoms with van der Waals surface area (Å²) < 4.78 is 8.96. The van der Waals surface area contributed by atoms with Crippen molar-refractivity contribution in [1.82, 2.24) is 14.8 Å². The molecule has 0 atom stereocenters. The van der Waals surface area contributed by atoms with Gasteiger partial charge < -0.3 is 10.1 Å². The van der Waals surface area contributed by atoms with E-state index >= 15 is 0 Å². The Kier molecular flexibility index (Phi) is 7.92. The summed E-state index contributed by atoms with van der Waals surface area (Å²) in [5.74, 6) is 1.67. The van der Waals surface area contributed by atoms with Gasteiger partial charge in [-0.25, -0.2) is 0 Å². The van der Waals surface area contributed by atoms with Gasteiger partial charge in [-0.15, -0.1) is 16.8 Å². The molecule has 1 aromatic heterocycles. The minimum atomic E-state index is -0.104. The third kappa shape index (κ3) is 5.98. The Balaban J connectivity index is 1.64. The lowest BCUT2D eigenvalue weighted by molar-refractivity contribution is -0.113. The van der Waals surface area contributed by atoms with Gasteiger partial charge in [0.2, 0.25) is 5.91 Å². The number of ether oxygens (including phenoxy) is 1. The average Bonchev–Trinajstić information content (AvgIpc) is 3.11. The minimum Gasteiger partial charge on any atom is -0.485 e. The van der Waals surface area contributed by atoms with E-state index in [-0.39, 0.29) is 18.3 Å². The SMILES string of the molecule is C=CCn1c(COc2c(C)cccc2C)nnc1SCC(=O)Nc1ccc(Br)c(C)c1. The van der Waals surface area contributed by atoms with E-state index in [0.717, 1.165) is 32.6 Å². The number of amides is 1. The molecule has 3 aromatic rings. The number of carbonyl (C=O) groups is 1. The van der Waals surface area contributed by atoms with E-state index in [9.17, 15) is 4.79 Å². The van der Waals surface area contributed by atoms with Crippen LogP contribution in [-0.2, 0) is 17.9 Å². The molecule has 2 aromatic carbocycles. The van der Waals surface area contributed by atoms with Crippen molar-refractivity contribution in [1.29, 1.82) is 0 Å². The van der Waals surface area contributed by atoms with Crippen molar-refractivity contribution in [3.05, 3.63) is 76.0 Å². The second-order valence-electron chi connectivity index (χ2n) is 7.11. The van der Waals surface area contributed by atoms with Crippen LogP contribution in [0.2, 0.25) is 0 Å². The standard InChI is InChI=1S/C23H25BrN4O2S/c1-5-11-28-20(13-30-22-15(2)7-6-8-16(22)3)26-27-23(28)31-14-21(29)25-18-9-10-19(24)17(4)12-18/h5-10,12H,1,11,13-14H2,2-4H3,(H,25,29). The van der Waals surface area contributed by atoms with Gasteiger partial charge in [0.05, 0.1) is 5.75 Å². The highest BCUT2D eigenvalue weighted by Gasteiger charge is 2.15. The Hall–Kier alpha value is -2.58. The summed E-state index contributed by atoms with van der Waals surface area (Å²) in [5, 5.41) is 12.1. The molecule has 0 bridgehead atoms. The van der Waals surface area contributed by atoms with E-state index in [1.165, 1.54) is 11.8 Å². The number of carbonyl (C=O) groups excluding carboxylic acids is 1. The van der Waals surface area contributed by atoms with Crippen molar-refractivity contribution in [3.63, 3.8) is 0 Å². The van der Waals surface area contributed by atoms with E-state index in [1.54, 1.807) is 6.08 Å². The van der Waals surface area contributed by atoms with Gasteiger partial charge in [-0.2, -0.15) is 0 Å². The van der Waals surface area contributed by atoms with Crippen LogP contribution in [0.1, 0.15) is 22.5 Å². The maximum Gasteiger partial charge on any atom is 0.234 e. The fraction of sp³-hybridized carbons (Fsp3) is 0.261. The fourth-order valence-electron chi connectivity index (χ4n) is 3.06. The molecule has 3 rings (SSSR count). The van der Waals surface area contributed by atoms with Crippen LogP contribution in [0.4, 0.5) is 5.69 Å². The highest BCUT2D eigenvalue weighted by molar-refractivity contribution is 9.10. The number of hydrogen-bond acceptors (Lipinski definition) is 5. The van der Waals surface area contributed by atoms with Crippen LogP contribution < -0.4 is 10.1 Å². The molecule has 0 saturated heterocycles. The van der Waals surface area contributed by atoms with E-state index in [4.69, 9.17) is 4.74 Å². The fourth-order valence-corrected chi connectivity index (χ4v) is 4.07. The van der Waals surface area contributed by atoms with Gasteiger partial charge >= 0.3 is 0 Å². The molecular formula is C23H25BrN4O2S. The van der Waals surface area contributed by atoms with E-state index in [1.807, 2.05) is 61.7 Å². The summed E-state index contributed by atoms with van der Waals surface area (Å²) in [6.07, 6.45) is 1.78. The molecule has 8 heteroatoms. The molecule has 1 heterocycles. The Morgan fingerprint density at radius 1 is 1.19 bits per heavy atom. The van der Waals surface area contributed by atoms with E-state index in [0.29, 0.717) is 17.5 Å². The van der Waals surface area contributed by atoms with Crippen LogP contribution in [0, 0.1) is 20.8 Å². The summed E-state index contributed by atoms with van der Waals surface area (Å²) >= 11 is 4.80. The third-order valence-corrected chi connectivity index (χ3v) is 6.49. The molecule has 0 aliphatic carbocycles. The molecule has 0 aliphatic rings. The van der Waals surface area contributed by atoms with E-state index < -0.39 is 0 Å². The predicted molar refractivity (Wildman–Crippen MR) is 129 cm³/mol. The minimum absolute atomic E-state index is 0.104. The van der Waals surface area contributed by atoms with Gasteiger partial charge in [-0.3, -0.25) is 9.36 Å². The third-order valence-electron chi connectivity index (χ3n) is 4.63.